The van der Waals surface area contributed by atoms with E-state index in [1.54, 1.807) is 0 Å². The van der Waals surface area contributed by atoms with Crippen molar-refractivity contribution in [2.45, 2.75) is 0 Å². The van der Waals surface area contributed by atoms with Gasteiger partial charge in [0.2, 0.25) is 0 Å². The Morgan fingerprint density at radius 1 is 0.909 bits per heavy atom. The third-order valence-corrected chi connectivity index (χ3v) is 1.91. The number of phosphoric acid groups is 2. The largest absolute Gasteiger partial charge is 0.478 e. The van der Waals surface area contributed by atoms with Crippen LogP contribution in [0.5, 0.6) is 0 Å². The Hall–Kier alpha value is 0.739. The molecule has 0 saturated heterocycles. The van der Waals surface area contributed by atoms with Gasteiger partial charge in [-0.1, -0.05) is 0 Å². The van der Waals surface area contributed by atoms with Crippen LogP contribution in [-0.4, -0.2) is 25.0 Å². The minimum Gasteiger partial charge on any atom is -0.412 e. The normalized spacial score (nSPS) is 11.3. The van der Waals surface area contributed by atoms with Gasteiger partial charge in [-0.3, -0.25) is 0 Å². The smallest absolute Gasteiger partial charge is 0.412 e. The third kappa shape index (κ3) is 18.1. The van der Waals surface area contributed by atoms with Crippen molar-refractivity contribution in [1.29, 1.82) is 0 Å². The van der Waals surface area contributed by atoms with E-state index in [9.17, 15) is 9.13 Å². The van der Waals surface area contributed by atoms with Crippen LogP contribution >= 0.6 is 15.6 Å². The van der Waals surface area contributed by atoms with Crippen molar-refractivity contribution in [2.75, 3.05) is 0 Å². The minimum absolute atomic E-state index is 0. The molecule has 0 aliphatic rings. The molecule has 0 fully saturated rings. The van der Waals surface area contributed by atoms with Crippen molar-refractivity contribution in [2.24, 2.45) is 0 Å². The van der Waals surface area contributed by atoms with E-state index < -0.39 is 15.6 Å². The zero-order valence-electron chi connectivity index (χ0n) is 4.76. The van der Waals surface area contributed by atoms with Gasteiger partial charge in [-0.15, -0.1) is 0 Å². The summed E-state index contributed by atoms with van der Waals surface area (Å²) in [6.07, 6.45) is 0. The van der Waals surface area contributed by atoms with Crippen LogP contribution in [-0.2, 0) is 30.5 Å². The summed E-state index contributed by atoms with van der Waals surface area (Å²) in [5.74, 6) is 0. The average molecular weight is 252 g/mol. The second kappa shape index (κ2) is 5.40. The van der Waals surface area contributed by atoms with Crippen LogP contribution in [0.15, 0.2) is 0 Å². The second-order valence-corrected chi connectivity index (χ2v) is 3.68. The topological polar surface area (TPSA) is 156 Å². The molecule has 11 heavy (non-hydrogen) atoms. The van der Waals surface area contributed by atoms with Crippen LogP contribution in [0.25, 0.3) is 0 Å². The Morgan fingerprint density at radius 2 is 1.09 bits per heavy atom. The minimum atomic E-state index is -5.05. The van der Waals surface area contributed by atoms with Crippen LogP contribution in [0.1, 0.15) is 0 Å². The van der Waals surface area contributed by atoms with Crippen molar-refractivity contribution in [3.63, 3.8) is 0 Å². The molecule has 6 N–H and O–H groups in total. The first-order valence-corrected chi connectivity index (χ1v) is 4.59. The van der Waals surface area contributed by atoms with Crippen molar-refractivity contribution >= 4 is 15.6 Å². The zero-order chi connectivity index (χ0) is 7.71. The summed E-state index contributed by atoms with van der Waals surface area (Å²) < 4.78 is 22.2. The molecule has 0 spiro atoms. The Bertz CT molecular complexity index is 153. The molecule has 0 bridgehead atoms. The van der Waals surface area contributed by atoms with E-state index in [4.69, 9.17) is 19.6 Å². The fourth-order valence-corrected chi connectivity index (χ4v) is 1.25. The Labute approximate surface area is 71.8 Å². The molecule has 11 heteroatoms. The maximum Gasteiger partial charge on any atom is 0.478 e. The van der Waals surface area contributed by atoms with Gasteiger partial charge in [0.05, 0.1) is 0 Å². The molecule has 72 valence electrons. The van der Waals surface area contributed by atoms with Crippen molar-refractivity contribution in [3.8, 4) is 0 Å². The summed E-state index contributed by atoms with van der Waals surface area (Å²) in [6.45, 7) is 0. The van der Waals surface area contributed by atoms with Gasteiger partial charge < -0.3 is 25.0 Å². The van der Waals surface area contributed by atoms with Crippen molar-refractivity contribution < 1.29 is 55.6 Å². The van der Waals surface area contributed by atoms with Gasteiger partial charge >= 0.3 is 15.6 Å². The second-order valence-electron chi connectivity index (χ2n) is 1.06. The van der Waals surface area contributed by atoms with E-state index in [-0.39, 0.29) is 22.5 Å². The molecule has 0 saturated carbocycles. The van der Waals surface area contributed by atoms with E-state index in [2.05, 4.69) is 4.31 Å². The number of hydrogen-bond donors (Lipinski definition) is 4. The summed E-state index contributed by atoms with van der Waals surface area (Å²) in [5, 5.41) is 0. The molecule has 0 aromatic rings. The van der Waals surface area contributed by atoms with Crippen molar-refractivity contribution in [3.05, 3.63) is 0 Å². The maximum absolute atomic E-state index is 9.63. The fourth-order valence-electron chi connectivity index (χ4n) is 0.139. The molecule has 0 rings (SSSR count). The van der Waals surface area contributed by atoms with Gasteiger partial charge in [-0.2, -0.15) is 4.31 Å². The molecule has 0 aliphatic carbocycles. The van der Waals surface area contributed by atoms with E-state index in [1.165, 1.54) is 0 Å². The van der Waals surface area contributed by atoms with Gasteiger partial charge in [0.15, 0.2) is 0 Å². The average Bonchev–Trinajstić information content (AvgIpc) is 1.14. The molecule has 0 aromatic heterocycles. The summed E-state index contributed by atoms with van der Waals surface area (Å²) in [6, 6.07) is 0. The van der Waals surface area contributed by atoms with Gasteiger partial charge in [0, 0.05) is 17.1 Å². The number of rotatable bonds is 2. The first-order valence-electron chi connectivity index (χ1n) is 1.53. The van der Waals surface area contributed by atoms with Crippen LogP contribution in [0.2, 0.25) is 0 Å². The predicted molar refractivity (Wildman–Crippen MR) is 28.8 cm³/mol. The van der Waals surface area contributed by atoms with E-state index in [0.717, 1.165) is 0 Å². The summed E-state index contributed by atoms with van der Waals surface area (Å²) in [5.41, 5.74) is 0. The van der Waals surface area contributed by atoms with Gasteiger partial charge in [0.25, 0.3) is 0 Å². The van der Waals surface area contributed by atoms with Gasteiger partial charge in [-0.05, 0) is 0 Å². The monoisotopic (exact) mass is 252 g/mol. The zero-order valence-corrected chi connectivity index (χ0v) is 7.65. The first-order chi connectivity index (χ1) is 3.71. The van der Waals surface area contributed by atoms with Crippen LogP contribution in [0.4, 0.5) is 0 Å². The molecule has 0 unspecified atom stereocenters. The molecule has 0 aromatic carbocycles. The maximum atomic E-state index is 9.63. The molecule has 8 nitrogen and oxygen atoms in total. The van der Waals surface area contributed by atoms with Crippen molar-refractivity contribution in [1.82, 2.24) is 0 Å². The molecule has 0 radical (unpaired) electrons. The van der Waals surface area contributed by atoms with Crippen LogP contribution in [0.3, 0.4) is 0 Å². The molecular weight excluding hydrogens is 246 g/mol. The Balaban J connectivity index is -0.000000320. The summed E-state index contributed by atoms with van der Waals surface area (Å²) in [7, 11) is -10.1. The third-order valence-electron chi connectivity index (χ3n) is 0.213. The van der Waals surface area contributed by atoms with E-state index in [1.807, 2.05) is 0 Å². The quantitative estimate of drug-likeness (QED) is 0.339. The standard InChI is InChI=1S/Fe.H4O7P2.H2O/c;1-8(2,3)7-9(4,5)6;/h;(H2,1,2,3)(H2,4,5,6);1H2. The first kappa shape index (κ1) is 17.7. The molecule has 0 aliphatic heterocycles. The van der Waals surface area contributed by atoms with E-state index in [0.29, 0.717) is 0 Å². The SMILES string of the molecule is O.O=P(O)(O)OP(=O)(O)O.[Fe]. The summed E-state index contributed by atoms with van der Waals surface area (Å²) >= 11 is 0. The molecule has 0 heterocycles. The van der Waals surface area contributed by atoms with Crippen LogP contribution in [0, 0.1) is 0 Å². The fraction of sp³-hybridized carbons (Fsp3) is 0. The number of hydrogen-bond acceptors (Lipinski definition) is 3. The molecule has 0 atom stereocenters. The van der Waals surface area contributed by atoms with E-state index >= 15 is 0 Å². The van der Waals surface area contributed by atoms with Crippen LogP contribution < -0.4 is 0 Å². The van der Waals surface area contributed by atoms with Gasteiger partial charge in [0.1, 0.15) is 0 Å². The Morgan fingerprint density at radius 3 is 1.09 bits per heavy atom. The predicted octanol–water partition coefficient (Wildman–Crippen LogP) is -1.64. The van der Waals surface area contributed by atoms with Gasteiger partial charge in [-0.25, -0.2) is 9.13 Å². The molecule has 0 amide bonds. The molecular formula is H6FeO8P2. The summed E-state index contributed by atoms with van der Waals surface area (Å²) in [4.78, 5) is 31.0. The Kier molecular flexibility index (Phi) is 8.70.